The molecule has 2 amide bonds. The van der Waals surface area contributed by atoms with Crippen molar-refractivity contribution in [2.45, 2.75) is 12.6 Å². The van der Waals surface area contributed by atoms with Crippen LogP contribution < -0.4 is 14.8 Å². The number of carbonyl (C=O) groups is 1. The molecule has 6 heteroatoms. The number of hydrogen-bond donors (Lipinski definition) is 1. The van der Waals surface area contributed by atoms with Gasteiger partial charge in [-0.1, -0.05) is 12.1 Å². The Kier molecular flexibility index (Phi) is 4.93. The fourth-order valence-corrected chi connectivity index (χ4v) is 3.61. The molecular weight excluding hydrogens is 354 g/mol. The fraction of sp³-hybridized carbons (Fsp3) is 0.227. The van der Waals surface area contributed by atoms with Gasteiger partial charge in [-0.25, -0.2) is 4.79 Å². The molecule has 1 aromatic heterocycles. The molecule has 1 N–H and O–H groups in total. The average molecular weight is 377 g/mol. The molecule has 6 nitrogen and oxygen atoms in total. The molecule has 2 heterocycles. The van der Waals surface area contributed by atoms with E-state index in [2.05, 4.69) is 22.1 Å². The first-order valence-electron chi connectivity index (χ1n) is 9.20. The van der Waals surface area contributed by atoms with Crippen molar-refractivity contribution < 1.29 is 14.3 Å². The molecule has 0 aliphatic carbocycles. The number of nitrogens with one attached hydrogen (secondary N) is 1. The molecular formula is C22H23N3O3. The summed E-state index contributed by atoms with van der Waals surface area (Å²) in [7, 11) is 3.27. The number of ether oxygens (including phenoxy) is 2. The first-order valence-corrected chi connectivity index (χ1v) is 9.20. The standard InChI is InChI=1S/C22H23N3O3/c1-27-18-9-5-16(6-10-18)21-20-4-3-13-24(20)14-15-25(21)22(26)23-17-7-11-19(28-2)12-8-17/h3-13,21H,14-15H2,1-2H3,(H,23,26)/t21-/m0/s1. The minimum Gasteiger partial charge on any atom is -0.497 e. The Balaban J connectivity index is 1.62. The zero-order chi connectivity index (χ0) is 19.5. The SMILES string of the molecule is COc1ccc(NC(=O)N2CCn3cccc3[C@@H]2c2ccc(OC)cc2)cc1. The summed E-state index contributed by atoms with van der Waals surface area (Å²) in [6.07, 6.45) is 2.06. The number of nitrogens with zero attached hydrogens (tertiary/aromatic N) is 2. The van der Waals surface area contributed by atoms with E-state index in [1.54, 1.807) is 14.2 Å². The second kappa shape index (κ2) is 7.68. The Morgan fingerprint density at radius 2 is 1.57 bits per heavy atom. The predicted octanol–water partition coefficient (Wildman–Crippen LogP) is 4.14. The molecule has 0 saturated carbocycles. The number of amides is 2. The van der Waals surface area contributed by atoms with Crippen molar-refractivity contribution in [2.24, 2.45) is 0 Å². The van der Waals surface area contributed by atoms with Gasteiger partial charge in [0.05, 0.1) is 20.3 Å². The number of aromatic nitrogens is 1. The first-order chi connectivity index (χ1) is 13.7. The van der Waals surface area contributed by atoms with Crippen LogP contribution in [0.25, 0.3) is 0 Å². The van der Waals surface area contributed by atoms with Crippen molar-refractivity contribution in [3.8, 4) is 11.5 Å². The van der Waals surface area contributed by atoms with Crippen LogP contribution in [0.4, 0.5) is 10.5 Å². The molecule has 0 fully saturated rings. The number of anilines is 1. The van der Waals surface area contributed by atoms with E-state index in [0.29, 0.717) is 6.54 Å². The molecule has 2 aromatic carbocycles. The van der Waals surface area contributed by atoms with E-state index < -0.39 is 0 Å². The monoisotopic (exact) mass is 377 g/mol. The van der Waals surface area contributed by atoms with Crippen LogP contribution in [-0.4, -0.2) is 36.3 Å². The van der Waals surface area contributed by atoms with Gasteiger partial charge in [0, 0.05) is 30.7 Å². The second-order valence-corrected chi connectivity index (χ2v) is 6.65. The van der Waals surface area contributed by atoms with E-state index >= 15 is 0 Å². The molecule has 0 unspecified atom stereocenters. The minimum absolute atomic E-state index is 0.126. The number of hydrogen-bond acceptors (Lipinski definition) is 3. The Labute approximate surface area is 164 Å². The molecule has 0 spiro atoms. The van der Waals surface area contributed by atoms with E-state index in [0.717, 1.165) is 35.0 Å². The molecule has 1 aliphatic rings. The van der Waals surface area contributed by atoms with Gasteiger partial charge in [-0.2, -0.15) is 0 Å². The van der Waals surface area contributed by atoms with Crippen molar-refractivity contribution in [3.63, 3.8) is 0 Å². The third-order valence-corrected chi connectivity index (χ3v) is 5.07. The predicted molar refractivity (Wildman–Crippen MR) is 108 cm³/mol. The molecule has 0 bridgehead atoms. The highest BCUT2D eigenvalue weighted by atomic mass is 16.5. The van der Waals surface area contributed by atoms with Gasteiger partial charge >= 0.3 is 6.03 Å². The molecule has 28 heavy (non-hydrogen) atoms. The topological polar surface area (TPSA) is 55.7 Å². The van der Waals surface area contributed by atoms with Crippen LogP contribution in [-0.2, 0) is 6.54 Å². The van der Waals surface area contributed by atoms with Gasteiger partial charge < -0.3 is 24.3 Å². The molecule has 4 rings (SSSR count). The Hall–Kier alpha value is -3.41. The summed E-state index contributed by atoms with van der Waals surface area (Å²) >= 11 is 0. The fourth-order valence-electron chi connectivity index (χ4n) is 3.61. The maximum Gasteiger partial charge on any atom is 0.322 e. The largest absolute Gasteiger partial charge is 0.497 e. The minimum atomic E-state index is -0.159. The number of methoxy groups -OCH3 is 2. The summed E-state index contributed by atoms with van der Waals surface area (Å²) in [5.74, 6) is 1.55. The van der Waals surface area contributed by atoms with Gasteiger partial charge in [0.1, 0.15) is 11.5 Å². The highest BCUT2D eigenvalue weighted by Crippen LogP contribution is 2.33. The normalized spacial score (nSPS) is 15.6. The highest BCUT2D eigenvalue weighted by molar-refractivity contribution is 5.90. The number of carbonyl (C=O) groups excluding carboxylic acids is 1. The molecule has 0 saturated heterocycles. The number of urea groups is 1. The van der Waals surface area contributed by atoms with E-state index in [9.17, 15) is 4.79 Å². The summed E-state index contributed by atoms with van der Waals surface area (Å²) in [5.41, 5.74) is 2.88. The van der Waals surface area contributed by atoms with E-state index in [1.165, 1.54) is 0 Å². The summed E-state index contributed by atoms with van der Waals surface area (Å²) in [4.78, 5) is 15.0. The Morgan fingerprint density at radius 1 is 0.929 bits per heavy atom. The molecule has 144 valence electrons. The van der Waals surface area contributed by atoms with Crippen molar-refractivity contribution in [2.75, 3.05) is 26.1 Å². The summed E-state index contributed by atoms with van der Waals surface area (Å²) in [5, 5.41) is 3.01. The highest BCUT2D eigenvalue weighted by Gasteiger charge is 2.32. The second-order valence-electron chi connectivity index (χ2n) is 6.65. The first kappa shape index (κ1) is 18.0. The van der Waals surface area contributed by atoms with Crippen LogP contribution in [0.2, 0.25) is 0 Å². The van der Waals surface area contributed by atoms with E-state index in [-0.39, 0.29) is 12.1 Å². The lowest BCUT2D eigenvalue weighted by Gasteiger charge is -2.37. The van der Waals surface area contributed by atoms with Crippen LogP contribution in [0, 0.1) is 0 Å². The smallest absolute Gasteiger partial charge is 0.322 e. The summed E-state index contributed by atoms with van der Waals surface area (Å²) in [6, 6.07) is 19.0. The lowest BCUT2D eigenvalue weighted by molar-refractivity contribution is 0.182. The third-order valence-electron chi connectivity index (χ3n) is 5.07. The average Bonchev–Trinajstić information content (AvgIpc) is 3.22. The lowest BCUT2D eigenvalue weighted by Crippen LogP contribution is -2.44. The lowest BCUT2D eigenvalue weighted by atomic mass is 10.00. The van der Waals surface area contributed by atoms with Crippen molar-refractivity contribution >= 4 is 11.7 Å². The van der Waals surface area contributed by atoms with Crippen LogP contribution >= 0.6 is 0 Å². The summed E-state index contributed by atoms with van der Waals surface area (Å²) in [6.45, 7) is 1.39. The maximum atomic E-state index is 13.1. The van der Waals surface area contributed by atoms with Crippen LogP contribution in [0.3, 0.4) is 0 Å². The van der Waals surface area contributed by atoms with Gasteiger partial charge in [-0.15, -0.1) is 0 Å². The van der Waals surface area contributed by atoms with Gasteiger partial charge in [0.15, 0.2) is 0 Å². The Bertz CT molecular complexity index is 948. The van der Waals surface area contributed by atoms with Gasteiger partial charge in [0.25, 0.3) is 0 Å². The zero-order valence-corrected chi connectivity index (χ0v) is 16.0. The molecule has 1 atom stereocenters. The van der Waals surface area contributed by atoms with Crippen LogP contribution in [0.1, 0.15) is 17.3 Å². The number of rotatable bonds is 4. The quantitative estimate of drug-likeness (QED) is 0.743. The number of benzene rings is 2. The van der Waals surface area contributed by atoms with Crippen LogP contribution in [0.15, 0.2) is 66.9 Å². The molecule has 1 aliphatic heterocycles. The van der Waals surface area contributed by atoms with E-state index in [1.807, 2.05) is 59.5 Å². The summed E-state index contributed by atoms with van der Waals surface area (Å²) < 4.78 is 12.7. The molecule has 0 radical (unpaired) electrons. The molecule has 3 aromatic rings. The third kappa shape index (κ3) is 3.41. The van der Waals surface area contributed by atoms with Crippen molar-refractivity contribution in [3.05, 3.63) is 78.1 Å². The van der Waals surface area contributed by atoms with Crippen LogP contribution in [0.5, 0.6) is 11.5 Å². The van der Waals surface area contributed by atoms with E-state index in [4.69, 9.17) is 9.47 Å². The van der Waals surface area contributed by atoms with Gasteiger partial charge in [-0.05, 0) is 54.1 Å². The maximum absolute atomic E-state index is 13.1. The zero-order valence-electron chi connectivity index (χ0n) is 16.0. The van der Waals surface area contributed by atoms with Crippen molar-refractivity contribution in [1.29, 1.82) is 0 Å². The van der Waals surface area contributed by atoms with Gasteiger partial charge in [-0.3, -0.25) is 0 Å². The number of fused-ring (bicyclic) bond motifs is 1. The Morgan fingerprint density at radius 3 is 2.21 bits per heavy atom. The van der Waals surface area contributed by atoms with Gasteiger partial charge in [0.2, 0.25) is 0 Å². The van der Waals surface area contributed by atoms with Crippen molar-refractivity contribution in [1.82, 2.24) is 9.47 Å².